The van der Waals surface area contributed by atoms with Crippen LogP contribution in [0, 0.1) is 0 Å². The van der Waals surface area contributed by atoms with E-state index in [9.17, 15) is 9.90 Å². The van der Waals surface area contributed by atoms with Crippen LogP contribution < -0.4 is 5.32 Å². The number of pyridine rings is 1. The van der Waals surface area contributed by atoms with Gasteiger partial charge in [-0.2, -0.15) is 0 Å². The molecule has 3 rings (SSSR count). The number of carbonyl (C=O) groups excluding carboxylic acids is 1. The number of hydrogen-bond donors (Lipinski definition) is 2. The zero-order valence-corrected chi connectivity index (χ0v) is 17.3. The van der Waals surface area contributed by atoms with Gasteiger partial charge in [-0.25, -0.2) is 4.98 Å². The molecule has 1 atom stereocenters. The molecule has 0 spiro atoms. The number of aromatic nitrogens is 1. The lowest BCUT2D eigenvalue weighted by Crippen LogP contribution is -2.28. The zero-order valence-electron chi connectivity index (χ0n) is 17.3. The van der Waals surface area contributed by atoms with Crippen molar-refractivity contribution in [3.05, 3.63) is 102 Å². The molecule has 0 aliphatic rings. The lowest BCUT2D eigenvalue weighted by atomic mass is 9.99. The minimum atomic E-state index is -0.328. The molecule has 4 nitrogen and oxygen atoms in total. The number of allylic oxidation sites excluding steroid dienone is 5. The number of aromatic hydroxyl groups is 1. The average Bonchev–Trinajstić information content (AvgIpc) is 2.78. The van der Waals surface area contributed by atoms with Crippen molar-refractivity contribution < 1.29 is 9.90 Å². The van der Waals surface area contributed by atoms with Gasteiger partial charge in [0.1, 0.15) is 5.69 Å². The van der Waals surface area contributed by atoms with E-state index >= 15 is 0 Å². The number of amides is 1. The highest BCUT2D eigenvalue weighted by Crippen LogP contribution is 2.34. The molecule has 30 heavy (non-hydrogen) atoms. The fourth-order valence-electron chi connectivity index (χ4n) is 3.45. The maximum atomic E-state index is 13.3. The molecule has 0 bridgehead atoms. The topological polar surface area (TPSA) is 62.2 Å². The Bertz CT molecular complexity index is 1110. The van der Waals surface area contributed by atoms with Gasteiger partial charge in [0.05, 0.1) is 17.1 Å². The predicted molar refractivity (Wildman–Crippen MR) is 123 cm³/mol. The minimum Gasteiger partial charge on any atom is -0.505 e. The summed E-state index contributed by atoms with van der Waals surface area (Å²) in [6, 6.07) is 17.0. The van der Waals surface area contributed by atoms with Crippen molar-refractivity contribution in [2.75, 3.05) is 0 Å². The number of hydrogen-bond acceptors (Lipinski definition) is 3. The van der Waals surface area contributed by atoms with E-state index in [2.05, 4.69) is 16.9 Å². The maximum absolute atomic E-state index is 13.3. The molecule has 0 aliphatic carbocycles. The van der Waals surface area contributed by atoms with Gasteiger partial charge in [0.2, 0.25) is 0 Å². The van der Waals surface area contributed by atoms with Gasteiger partial charge in [-0.1, -0.05) is 86.3 Å². The Morgan fingerprint density at radius 2 is 1.87 bits per heavy atom. The Hall–Kier alpha value is -3.66. The number of rotatable bonds is 7. The van der Waals surface area contributed by atoms with E-state index in [0.717, 1.165) is 12.0 Å². The van der Waals surface area contributed by atoms with Gasteiger partial charge in [-0.15, -0.1) is 0 Å². The average molecular weight is 399 g/mol. The van der Waals surface area contributed by atoms with E-state index in [1.54, 1.807) is 18.2 Å². The predicted octanol–water partition coefficient (Wildman–Crippen LogP) is 5.97. The molecule has 152 valence electrons. The number of benzene rings is 2. The third-order valence-corrected chi connectivity index (χ3v) is 5.01. The van der Waals surface area contributed by atoms with E-state index in [1.807, 2.05) is 74.5 Å². The molecule has 1 heterocycles. The van der Waals surface area contributed by atoms with Crippen molar-refractivity contribution in [2.24, 2.45) is 0 Å². The highest BCUT2D eigenvalue weighted by molar-refractivity contribution is 6.10. The maximum Gasteiger partial charge on any atom is 0.256 e. The Balaban J connectivity index is 2.12. The number of nitrogens with one attached hydrogen (secondary N) is 1. The van der Waals surface area contributed by atoms with Crippen molar-refractivity contribution in [1.82, 2.24) is 10.3 Å². The van der Waals surface area contributed by atoms with Crippen LogP contribution in [0.1, 0.15) is 47.9 Å². The first-order chi connectivity index (χ1) is 14.6. The van der Waals surface area contributed by atoms with Crippen molar-refractivity contribution in [1.29, 1.82) is 0 Å². The Kier molecular flexibility index (Phi) is 6.81. The summed E-state index contributed by atoms with van der Waals surface area (Å²) in [5, 5.41) is 14.8. The molecule has 2 N–H and O–H groups in total. The molecule has 0 aliphatic heterocycles. The highest BCUT2D eigenvalue weighted by Gasteiger charge is 2.23. The molecular weight excluding hydrogens is 372 g/mol. The van der Waals surface area contributed by atoms with Gasteiger partial charge in [0.25, 0.3) is 5.91 Å². The molecule has 2 aromatic carbocycles. The standard InChI is InChI=1S/C26H26N2O2/c1-4-7-13-18(5-2)24-25(29)23(20-16-11-12-17-22(20)27-24)26(30)28-21(6-3)19-14-9-8-10-15-19/h4-5,7-17,21,29H,1,6H2,2-3H3,(H,28,30)/b13-7-,18-5+/t21-/m0/s1. The van der Waals surface area contributed by atoms with Crippen molar-refractivity contribution in [3.8, 4) is 5.75 Å². The Morgan fingerprint density at radius 1 is 1.17 bits per heavy atom. The SMILES string of the molecule is C=C/C=C\C(=C/C)c1nc2ccccc2c(C(=O)N[C@@H](CC)c2ccccc2)c1O. The molecule has 3 aromatic rings. The van der Waals surface area contributed by atoms with E-state index in [0.29, 0.717) is 22.2 Å². The second kappa shape index (κ2) is 9.70. The lowest BCUT2D eigenvalue weighted by molar-refractivity contribution is 0.0934. The first-order valence-corrected chi connectivity index (χ1v) is 10.0. The van der Waals surface area contributed by atoms with E-state index < -0.39 is 0 Å². The number of nitrogens with zero attached hydrogens (tertiary/aromatic N) is 1. The lowest BCUT2D eigenvalue weighted by Gasteiger charge is -2.19. The fraction of sp³-hybridized carbons (Fsp3) is 0.154. The quantitative estimate of drug-likeness (QED) is 0.482. The van der Waals surface area contributed by atoms with E-state index in [-0.39, 0.29) is 23.3 Å². The summed E-state index contributed by atoms with van der Waals surface area (Å²) in [6.07, 6.45) is 7.81. The molecule has 0 unspecified atom stereocenters. The monoisotopic (exact) mass is 398 g/mol. The summed E-state index contributed by atoms with van der Waals surface area (Å²) < 4.78 is 0. The summed E-state index contributed by atoms with van der Waals surface area (Å²) in [5.41, 5.74) is 2.98. The minimum absolute atomic E-state index is 0.129. The molecule has 0 radical (unpaired) electrons. The highest BCUT2D eigenvalue weighted by atomic mass is 16.3. The molecule has 1 aromatic heterocycles. The van der Waals surface area contributed by atoms with Crippen molar-refractivity contribution >= 4 is 22.4 Å². The van der Waals surface area contributed by atoms with Crippen LogP contribution in [0.25, 0.3) is 16.5 Å². The van der Waals surface area contributed by atoms with Gasteiger partial charge in [-0.3, -0.25) is 4.79 Å². The molecule has 0 saturated heterocycles. The molecule has 4 heteroatoms. The largest absolute Gasteiger partial charge is 0.505 e. The van der Waals surface area contributed by atoms with Crippen LogP contribution in [0.3, 0.4) is 0 Å². The van der Waals surface area contributed by atoms with Crippen LogP contribution in [0.2, 0.25) is 0 Å². The van der Waals surface area contributed by atoms with Gasteiger partial charge in [-0.05, 0) is 30.5 Å². The van der Waals surface area contributed by atoms with Crippen molar-refractivity contribution in [2.45, 2.75) is 26.3 Å². The first kappa shape index (κ1) is 21.1. The zero-order chi connectivity index (χ0) is 21.5. The fourth-order valence-corrected chi connectivity index (χ4v) is 3.45. The number of carbonyl (C=O) groups is 1. The second-order valence-corrected chi connectivity index (χ2v) is 6.88. The number of para-hydroxylation sites is 1. The third-order valence-electron chi connectivity index (χ3n) is 5.01. The van der Waals surface area contributed by atoms with Gasteiger partial charge >= 0.3 is 0 Å². The van der Waals surface area contributed by atoms with Crippen LogP contribution in [0.15, 0.2) is 85.5 Å². The summed E-state index contributed by atoms with van der Waals surface area (Å²) >= 11 is 0. The van der Waals surface area contributed by atoms with Gasteiger partial charge < -0.3 is 10.4 Å². The summed E-state index contributed by atoms with van der Waals surface area (Å²) in [4.78, 5) is 18.0. The van der Waals surface area contributed by atoms with Crippen LogP contribution in [0.4, 0.5) is 0 Å². The first-order valence-electron chi connectivity index (χ1n) is 10.0. The molecule has 0 fully saturated rings. The van der Waals surface area contributed by atoms with E-state index in [4.69, 9.17) is 0 Å². The summed E-state index contributed by atoms with van der Waals surface area (Å²) in [6.45, 7) is 7.57. The molecule has 1 amide bonds. The number of fused-ring (bicyclic) bond motifs is 1. The smallest absolute Gasteiger partial charge is 0.256 e. The van der Waals surface area contributed by atoms with Gasteiger partial charge in [0, 0.05) is 5.39 Å². The summed E-state index contributed by atoms with van der Waals surface area (Å²) in [5.74, 6) is -0.456. The summed E-state index contributed by atoms with van der Waals surface area (Å²) in [7, 11) is 0. The van der Waals surface area contributed by atoms with Crippen LogP contribution in [-0.4, -0.2) is 16.0 Å². The normalized spacial score (nSPS) is 12.8. The third kappa shape index (κ3) is 4.33. The molecular formula is C26H26N2O2. The van der Waals surface area contributed by atoms with Crippen LogP contribution >= 0.6 is 0 Å². The Labute approximate surface area is 177 Å². The second-order valence-electron chi connectivity index (χ2n) is 6.88. The molecule has 0 saturated carbocycles. The van der Waals surface area contributed by atoms with Crippen LogP contribution in [-0.2, 0) is 0 Å². The van der Waals surface area contributed by atoms with E-state index in [1.165, 1.54) is 0 Å². The Morgan fingerprint density at radius 3 is 2.53 bits per heavy atom. The van der Waals surface area contributed by atoms with Gasteiger partial charge in [0.15, 0.2) is 5.75 Å². The van der Waals surface area contributed by atoms with Crippen LogP contribution in [0.5, 0.6) is 5.75 Å². The van der Waals surface area contributed by atoms with Crippen molar-refractivity contribution in [3.63, 3.8) is 0 Å².